The maximum absolute atomic E-state index is 9.59. The average molecular weight is 235 g/mol. The molecule has 0 saturated carbocycles. The molecular formula is C14H19O3-. The number of hydrogen-bond acceptors (Lipinski definition) is 3. The fourth-order valence-corrected chi connectivity index (χ4v) is 1.00. The number of aryl methyl sites for hydroxylation is 1. The van der Waals surface area contributed by atoms with Gasteiger partial charge < -0.3 is 15.0 Å². The van der Waals surface area contributed by atoms with E-state index in [-0.39, 0.29) is 5.92 Å². The van der Waals surface area contributed by atoms with Crippen LogP contribution < -0.4 is 5.11 Å². The fraction of sp³-hybridized carbons (Fsp3) is 0.357. The Bertz CT molecular complexity index is 368. The predicted octanol–water partition coefficient (Wildman–Crippen LogP) is 1.87. The minimum atomic E-state index is -0.991. The van der Waals surface area contributed by atoms with E-state index >= 15 is 0 Å². The van der Waals surface area contributed by atoms with Gasteiger partial charge in [0.15, 0.2) is 0 Å². The molecule has 3 nitrogen and oxygen atoms in total. The summed E-state index contributed by atoms with van der Waals surface area (Å²) in [5.41, 5.74) is 1.89. The highest BCUT2D eigenvalue weighted by Crippen LogP contribution is 2.24. The molecule has 0 atom stereocenters. The summed E-state index contributed by atoms with van der Waals surface area (Å²) in [6, 6.07) is 5.58. The minimum absolute atomic E-state index is 0.317. The highest BCUT2D eigenvalue weighted by atomic mass is 16.4. The van der Waals surface area contributed by atoms with Crippen LogP contribution in [0.3, 0.4) is 0 Å². The van der Waals surface area contributed by atoms with Crippen molar-refractivity contribution in [2.24, 2.45) is 5.92 Å². The molecule has 0 amide bonds. The van der Waals surface area contributed by atoms with Gasteiger partial charge in [0.25, 0.3) is 0 Å². The minimum Gasteiger partial charge on any atom is -0.550 e. The molecule has 0 aliphatic carbocycles. The Balaban J connectivity index is 0.000000366. The third-order valence-electron chi connectivity index (χ3n) is 2.08. The van der Waals surface area contributed by atoms with Crippen LogP contribution in [0.15, 0.2) is 18.2 Å². The normalized spacial score (nSPS) is 10.1. The zero-order valence-electron chi connectivity index (χ0n) is 10.8. The van der Waals surface area contributed by atoms with Crippen molar-refractivity contribution >= 4 is 5.97 Å². The Morgan fingerprint density at radius 1 is 1.41 bits per heavy atom. The second-order valence-corrected chi connectivity index (χ2v) is 4.27. The lowest BCUT2D eigenvalue weighted by atomic mass is 10.0. The van der Waals surface area contributed by atoms with E-state index in [0.717, 1.165) is 17.0 Å². The smallest absolute Gasteiger partial charge is 0.119 e. The van der Waals surface area contributed by atoms with Crippen LogP contribution in [0.25, 0.3) is 0 Å². The van der Waals surface area contributed by atoms with Crippen molar-refractivity contribution in [2.75, 3.05) is 0 Å². The summed E-state index contributed by atoms with van der Waals surface area (Å²) in [5, 5.41) is 19.0. The van der Waals surface area contributed by atoms with Crippen LogP contribution in [-0.4, -0.2) is 11.1 Å². The summed E-state index contributed by atoms with van der Waals surface area (Å²) in [4.78, 5) is 9.59. The molecule has 3 heteroatoms. The van der Waals surface area contributed by atoms with E-state index < -0.39 is 5.97 Å². The summed E-state index contributed by atoms with van der Waals surface area (Å²) in [7, 11) is 0. The van der Waals surface area contributed by atoms with E-state index in [1.54, 1.807) is 19.9 Å². The molecule has 0 saturated heterocycles. The van der Waals surface area contributed by atoms with Gasteiger partial charge in [-0.3, -0.25) is 0 Å². The number of phenols is 1. The van der Waals surface area contributed by atoms with Gasteiger partial charge in [-0.2, -0.15) is 0 Å². The Labute approximate surface area is 103 Å². The molecule has 1 rings (SSSR count). The second kappa shape index (κ2) is 6.94. The Morgan fingerprint density at radius 3 is 2.18 bits per heavy atom. The number of benzene rings is 1. The van der Waals surface area contributed by atoms with Crippen LogP contribution in [0.5, 0.6) is 5.75 Å². The van der Waals surface area contributed by atoms with E-state index in [9.17, 15) is 15.0 Å². The van der Waals surface area contributed by atoms with Gasteiger partial charge in [-0.15, -0.1) is 0 Å². The number of carboxylic acid groups (broad SMARTS) is 1. The molecule has 94 valence electrons. The number of hydrogen-bond donors (Lipinski definition) is 1. The van der Waals surface area contributed by atoms with Gasteiger partial charge in [0.2, 0.25) is 0 Å². The van der Waals surface area contributed by atoms with Crippen molar-refractivity contribution in [3.05, 3.63) is 42.2 Å². The van der Waals surface area contributed by atoms with Crippen molar-refractivity contribution < 1.29 is 15.0 Å². The number of carboxylic acids is 1. The molecule has 0 aliphatic rings. The highest BCUT2D eigenvalue weighted by Gasteiger charge is 2.04. The van der Waals surface area contributed by atoms with E-state index in [0.29, 0.717) is 5.75 Å². The molecule has 1 aromatic carbocycles. The van der Waals surface area contributed by atoms with Gasteiger partial charge in [0.05, 0.1) is 0 Å². The lowest BCUT2D eigenvalue weighted by Crippen LogP contribution is -2.27. The van der Waals surface area contributed by atoms with E-state index in [1.165, 1.54) is 0 Å². The summed E-state index contributed by atoms with van der Waals surface area (Å²) in [6.45, 7) is 10.7. The standard InChI is InChI=1S/C10H12O.C4H8O2/c1-7(2)9-5-4-8(3)6-10(9)11;1-3(2)4(5)6/h4-6,11H,1H2,2-3H3;3H,1-2H3,(H,5,6)/p-1. The second-order valence-electron chi connectivity index (χ2n) is 4.27. The van der Waals surface area contributed by atoms with Gasteiger partial charge in [0.1, 0.15) is 5.75 Å². The van der Waals surface area contributed by atoms with E-state index in [4.69, 9.17) is 0 Å². The molecule has 2 radical (unpaired) electrons. The Hall–Kier alpha value is -1.51. The van der Waals surface area contributed by atoms with Gasteiger partial charge in [-0.1, -0.05) is 32.9 Å². The van der Waals surface area contributed by atoms with Crippen LogP contribution in [-0.2, 0) is 4.79 Å². The number of carbonyl (C=O) groups excluding carboxylic acids is 1. The lowest BCUT2D eigenvalue weighted by Gasteiger charge is -2.07. The average Bonchev–Trinajstić information content (AvgIpc) is 2.17. The molecule has 1 aromatic rings. The maximum atomic E-state index is 9.59. The quantitative estimate of drug-likeness (QED) is 0.851. The van der Waals surface area contributed by atoms with Crippen LogP contribution in [0.1, 0.15) is 31.9 Å². The van der Waals surface area contributed by atoms with Gasteiger partial charge >= 0.3 is 0 Å². The molecule has 0 heterocycles. The van der Waals surface area contributed by atoms with Crippen molar-refractivity contribution in [1.82, 2.24) is 0 Å². The van der Waals surface area contributed by atoms with Crippen molar-refractivity contribution in [3.8, 4) is 5.75 Å². The first kappa shape index (κ1) is 15.5. The van der Waals surface area contributed by atoms with Gasteiger partial charge in [0, 0.05) is 17.5 Å². The van der Waals surface area contributed by atoms with E-state index in [2.05, 4.69) is 6.92 Å². The molecular weight excluding hydrogens is 216 g/mol. The Kier molecular flexibility index (Phi) is 6.33. The van der Waals surface area contributed by atoms with Crippen molar-refractivity contribution in [2.45, 2.75) is 27.7 Å². The lowest BCUT2D eigenvalue weighted by molar-refractivity contribution is -0.310. The number of carbonyl (C=O) groups is 1. The third kappa shape index (κ3) is 5.95. The number of rotatable bonds is 2. The zero-order valence-corrected chi connectivity index (χ0v) is 10.8. The number of aromatic hydroxyl groups is 1. The highest BCUT2D eigenvalue weighted by molar-refractivity contribution is 5.66. The van der Waals surface area contributed by atoms with Gasteiger partial charge in [-0.05, 0) is 31.4 Å². The monoisotopic (exact) mass is 235 g/mol. The van der Waals surface area contributed by atoms with Gasteiger partial charge in [-0.25, -0.2) is 0 Å². The van der Waals surface area contributed by atoms with Crippen LogP contribution in [0.4, 0.5) is 0 Å². The molecule has 1 N–H and O–H groups in total. The SMILES string of the molecule is CC(C)C(=O)[O-].[CH2][C](C)c1ccc(C)cc1O. The number of phenolic OH excluding ortho intramolecular Hbond substituents is 1. The molecule has 17 heavy (non-hydrogen) atoms. The van der Waals surface area contributed by atoms with Crippen molar-refractivity contribution in [1.29, 1.82) is 0 Å². The number of aliphatic carboxylic acids is 1. The first-order valence-electron chi connectivity index (χ1n) is 5.42. The maximum Gasteiger partial charge on any atom is 0.119 e. The molecule has 0 bridgehead atoms. The Morgan fingerprint density at radius 2 is 1.88 bits per heavy atom. The van der Waals surface area contributed by atoms with Crippen LogP contribution in [0, 0.1) is 25.7 Å². The molecule has 0 unspecified atom stereocenters. The fourth-order valence-electron chi connectivity index (χ4n) is 1.00. The molecule has 0 aliphatic heterocycles. The van der Waals surface area contributed by atoms with Crippen LogP contribution in [0.2, 0.25) is 0 Å². The topological polar surface area (TPSA) is 60.4 Å². The molecule has 0 aromatic heterocycles. The summed E-state index contributed by atoms with van der Waals surface area (Å²) in [5.74, 6) is -0.125. The molecule has 0 spiro atoms. The largest absolute Gasteiger partial charge is 0.550 e. The predicted molar refractivity (Wildman–Crippen MR) is 66.1 cm³/mol. The van der Waals surface area contributed by atoms with Crippen molar-refractivity contribution in [3.63, 3.8) is 0 Å². The third-order valence-corrected chi connectivity index (χ3v) is 2.08. The molecule has 0 fully saturated rings. The summed E-state index contributed by atoms with van der Waals surface area (Å²) in [6.07, 6.45) is 0. The first-order valence-corrected chi connectivity index (χ1v) is 5.42. The van der Waals surface area contributed by atoms with Crippen LogP contribution >= 0.6 is 0 Å². The summed E-state index contributed by atoms with van der Waals surface area (Å²) < 4.78 is 0. The van der Waals surface area contributed by atoms with E-state index in [1.807, 2.05) is 26.0 Å². The zero-order chi connectivity index (χ0) is 13.6. The first-order chi connectivity index (χ1) is 7.75. The summed E-state index contributed by atoms with van der Waals surface area (Å²) >= 11 is 0.